The molecule has 7 nitrogen and oxygen atoms in total. The Labute approximate surface area is 207 Å². The molecule has 0 saturated heterocycles. The third-order valence-electron chi connectivity index (χ3n) is 6.65. The smallest absolute Gasteiger partial charge is 0.407 e. The number of rotatable bonds is 13. The quantitative estimate of drug-likeness (QED) is 0.418. The van der Waals surface area contributed by atoms with E-state index in [9.17, 15) is 14.4 Å². The van der Waals surface area contributed by atoms with E-state index in [1.165, 1.54) is 22.3 Å². The molecule has 1 atom stereocenters. The van der Waals surface area contributed by atoms with Gasteiger partial charge in [0, 0.05) is 38.4 Å². The van der Waals surface area contributed by atoms with Gasteiger partial charge >= 0.3 is 12.1 Å². The van der Waals surface area contributed by atoms with E-state index < -0.39 is 12.1 Å². The molecule has 0 aliphatic heterocycles. The van der Waals surface area contributed by atoms with Gasteiger partial charge in [-0.1, -0.05) is 55.5 Å². The third-order valence-corrected chi connectivity index (χ3v) is 6.65. The Morgan fingerprint density at radius 2 is 1.63 bits per heavy atom. The standard InChI is InChI=1S/C28H36N2O5/c1-3-30(18-8-13-27(32)33)26(31)15-14-20(2)16-17-29-28(34)35-19-25-23-11-6-4-9-21(23)22-10-5-7-12-24(22)25/h4-7,9-12,20,25H,3,8,13-19H2,1-2H3,(H,29,34)(H,32,33). The lowest BCUT2D eigenvalue weighted by Crippen LogP contribution is -2.32. The van der Waals surface area contributed by atoms with Crippen LogP contribution < -0.4 is 5.32 Å². The molecular formula is C28H36N2O5. The highest BCUT2D eigenvalue weighted by Crippen LogP contribution is 2.44. The van der Waals surface area contributed by atoms with E-state index in [0.29, 0.717) is 39.1 Å². The van der Waals surface area contributed by atoms with Crippen LogP contribution in [0.5, 0.6) is 0 Å². The summed E-state index contributed by atoms with van der Waals surface area (Å²) in [7, 11) is 0. The number of ether oxygens (including phenoxy) is 1. The van der Waals surface area contributed by atoms with Crippen molar-refractivity contribution in [2.45, 2.75) is 51.9 Å². The highest BCUT2D eigenvalue weighted by atomic mass is 16.5. The lowest BCUT2D eigenvalue weighted by atomic mass is 9.98. The van der Waals surface area contributed by atoms with Crippen LogP contribution in [0.1, 0.15) is 63.0 Å². The average molecular weight is 481 g/mol. The predicted molar refractivity (Wildman–Crippen MR) is 135 cm³/mol. The zero-order valence-electron chi connectivity index (χ0n) is 20.7. The second-order valence-electron chi connectivity index (χ2n) is 9.16. The van der Waals surface area contributed by atoms with Crippen LogP contribution in [0.4, 0.5) is 4.79 Å². The Morgan fingerprint density at radius 3 is 2.23 bits per heavy atom. The van der Waals surface area contributed by atoms with Crippen LogP contribution in [-0.4, -0.2) is 54.2 Å². The maximum absolute atomic E-state index is 12.4. The van der Waals surface area contributed by atoms with Gasteiger partial charge in [0.2, 0.25) is 5.91 Å². The van der Waals surface area contributed by atoms with Gasteiger partial charge in [-0.3, -0.25) is 9.59 Å². The van der Waals surface area contributed by atoms with Crippen molar-refractivity contribution in [2.75, 3.05) is 26.2 Å². The molecule has 2 aromatic rings. The molecule has 0 aromatic heterocycles. The van der Waals surface area contributed by atoms with Crippen molar-refractivity contribution in [1.29, 1.82) is 0 Å². The van der Waals surface area contributed by atoms with Crippen LogP contribution in [0.2, 0.25) is 0 Å². The minimum atomic E-state index is -0.842. The summed E-state index contributed by atoms with van der Waals surface area (Å²) in [5.74, 6) is -0.485. The van der Waals surface area contributed by atoms with Gasteiger partial charge in [0.1, 0.15) is 6.61 Å². The van der Waals surface area contributed by atoms with E-state index in [1.54, 1.807) is 4.90 Å². The summed E-state index contributed by atoms with van der Waals surface area (Å²) in [6, 6.07) is 16.5. The predicted octanol–water partition coefficient (Wildman–Crippen LogP) is 5.04. The second-order valence-corrected chi connectivity index (χ2v) is 9.16. The molecule has 188 valence electrons. The number of carboxylic acid groups (broad SMARTS) is 1. The van der Waals surface area contributed by atoms with Crippen LogP contribution in [0.3, 0.4) is 0 Å². The minimum Gasteiger partial charge on any atom is -0.481 e. The van der Waals surface area contributed by atoms with Crippen LogP contribution in [-0.2, 0) is 14.3 Å². The Morgan fingerprint density at radius 1 is 1.00 bits per heavy atom. The molecule has 1 aliphatic carbocycles. The summed E-state index contributed by atoms with van der Waals surface area (Å²) in [5, 5.41) is 11.6. The fourth-order valence-electron chi connectivity index (χ4n) is 4.62. The summed E-state index contributed by atoms with van der Waals surface area (Å²) in [6.07, 6.45) is 2.01. The molecule has 0 heterocycles. The van der Waals surface area contributed by atoms with E-state index in [-0.39, 0.29) is 24.2 Å². The highest BCUT2D eigenvalue weighted by Gasteiger charge is 2.29. The number of amides is 2. The average Bonchev–Trinajstić information content (AvgIpc) is 3.17. The summed E-state index contributed by atoms with van der Waals surface area (Å²) in [6.45, 7) is 5.80. The van der Waals surface area contributed by atoms with Gasteiger partial charge in [-0.15, -0.1) is 0 Å². The number of benzene rings is 2. The monoisotopic (exact) mass is 480 g/mol. The molecule has 1 unspecified atom stereocenters. The summed E-state index contributed by atoms with van der Waals surface area (Å²) in [4.78, 5) is 37.1. The molecule has 0 spiro atoms. The molecule has 3 rings (SSSR count). The first-order valence-electron chi connectivity index (χ1n) is 12.5. The molecule has 0 fully saturated rings. The van der Waals surface area contributed by atoms with Crippen molar-refractivity contribution in [1.82, 2.24) is 10.2 Å². The van der Waals surface area contributed by atoms with Crippen molar-refractivity contribution in [2.24, 2.45) is 5.92 Å². The molecule has 0 saturated carbocycles. The number of hydrogen-bond acceptors (Lipinski definition) is 4. The first-order valence-corrected chi connectivity index (χ1v) is 12.5. The maximum atomic E-state index is 12.4. The highest BCUT2D eigenvalue weighted by molar-refractivity contribution is 5.79. The Hall–Kier alpha value is -3.35. The molecule has 0 bridgehead atoms. The Balaban J connectivity index is 1.36. The fraction of sp³-hybridized carbons (Fsp3) is 0.464. The zero-order chi connectivity index (χ0) is 25.2. The van der Waals surface area contributed by atoms with Crippen molar-refractivity contribution in [3.05, 3.63) is 59.7 Å². The van der Waals surface area contributed by atoms with Crippen molar-refractivity contribution in [3.63, 3.8) is 0 Å². The number of carbonyl (C=O) groups excluding carboxylic acids is 2. The van der Waals surface area contributed by atoms with Gasteiger partial charge < -0.3 is 20.1 Å². The van der Waals surface area contributed by atoms with Gasteiger partial charge in [-0.05, 0) is 54.4 Å². The summed E-state index contributed by atoms with van der Waals surface area (Å²) < 4.78 is 5.57. The van der Waals surface area contributed by atoms with Gasteiger partial charge in [-0.25, -0.2) is 4.79 Å². The minimum absolute atomic E-state index is 0.0371. The van der Waals surface area contributed by atoms with Crippen molar-refractivity contribution >= 4 is 18.0 Å². The number of nitrogens with zero attached hydrogens (tertiary/aromatic N) is 1. The molecule has 2 amide bonds. The first-order chi connectivity index (χ1) is 16.9. The third kappa shape index (κ3) is 7.31. The number of aliphatic carboxylic acids is 1. The van der Waals surface area contributed by atoms with E-state index in [2.05, 4.69) is 36.5 Å². The SMILES string of the molecule is CCN(CCCC(=O)O)C(=O)CCC(C)CCNC(=O)OCC1c2ccccc2-c2ccccc21. The molecule has 35 heavy (non-hydrogen) atoms. The van der Waals surface area contributed by atoms with Gasteiger partial charge in [-0.2, -0.15) is 0 Å². The molecule has 7 heteroatoms. The van der Waals surface area contributed by atoms with Gasteiger partial charge in [0.05, 0.1) is 0 Å². The second kappa shape index (κ2) is 12.9. The van der Waals surface area contributed by atoms with Crippen LogP contribution in [0, 0.1) is 5.92 Å². The number of nitrogens with one attached hydrogen (secondary N) is 1. The first kappa shape index (κ1) is 26.3. The van der Waals surface area contributed by atoms with Crippen molar-refractivity contribution < 1.29 is 24.2 Å². The van der Waals surface area contributed by atoms with Gasteiger partial charge in [0.15, 0.2) is 0 Å². The largest absolute Gasteiger partial charge is 0.481 e. The Bertz CT molecular complexity index is 976. The van der Waals surface area contributed by atoms with Crippen LogP contribution in [0.15, 0.2) is 48.5 Å². The number of carbonyl (C=O) groups is 3. The van der Waals surface area contributed by atoms with E-state index in [0.717, 1.165) is 12.8 Å². The number of alkyl carbamates (subject to hydrolysis) is 1. The number of hydrogen-bond donors (Lipinski definition) is 2. The van der Waals surface area contributed by atoms with Gasteiger partial charge in [0.25, 0.3) is 0 Å². The topological polar surface area (TPSA) is 95.9 Å². The van der Waals surface area contributed by atoms with E-state index >= 15 is 0 Å². The zero-order valence-corrected chi connectivity index (χ0v) is 20.7. The lowest BCUT2D eigenvalue weighted by molar-refractivity contribution is -0.138. The molecule has 1 aliphatic rings. The number of carboxylic acids is 1. The van der Waals surface area contributed by atoms with E-state index in [4.69, 9.17) is 9.84 Å². The lowest BCUT2D eigenvalue weighted by Gasteiger charge is -2.21. The molecule has 2 N–H and O–H groups in total. The molecular weight excluding hydrogens is 444 g/mol. The van der Waals surface area contributed by atoms with E-state index in [1.807, 2.05) is 31.2 Å². The maximum Gasteiger partial charge on any atom is 0.407 e. The van der Waals surface area contributed by atoms with Crippen molar-refractivity contribution in [3.8, 4) is 11.1 Å². The Kier molecular flexibility index (Phi) is 9.70. The summed E-state index contributed by atoms with van der Waals surface area (Å²) in [5.41, 5.74) is 4.76. The summed E-state index contributed by atoms with van der Waals surface area (Å²) >= 11 is 0. The fourth-order valence-corrected chi connectivity index (χ4v) is 4.62. The normalized spacial score (nSPS) is 13.0. The van der Waals surface area contributed by atoms with Crippen LogP contribution >= 0.6 is 0 Å². The molecule has 0 radical (unpaired) electrons. The molecule has 2 aromatic carbocycles. The number of fused-ring (bicyclic) bond motifs is 3. The van der Waals surface area contributed by atoms with Crippen LogP contribution in [0.25, 0.3) is 11.1 Å².